The van der Waals surface area contributed by atoms with Gasteiger partial charge in [0.25, 0.3) is 0 Å². The van der Waals surface area contributed by atoms with Crippen molar-refractivity contribution in [2.24, 2.45) is 5.92 Å². The van der Waals surface area contributed by atoms with E-state index in [4.69, 9.17) is 0 Å². The van der Waals surface area contributed by atoms with Crippen molar-refractivity contribution >= 4 is 10.8 Å². The molecule has 0 atom stereocenters. The number of fused-ring (bicyclic) bond motifs is 1. The van der Waals surface area contributed by atoms with Crippen molar-refractivity contribution in [3.63, 3.8) is 0 Å². The van der Waals surface area contributed by atoms with Crippen LogP contribution in [0.4, 0.5) is 17.6 Å². The fraction of sp³-hybridized carbons (Fsp3) is 0.333. The highest BCUT2D eigenvalue weighted by molar-refractivity contribution is 5.85. The van der Waals surface area contributed by atoms with E-state index in [0.717, 1.165) is 23.4 Å². The first-order valence-corrected chi connectivity index (χ1v) is 10.9. The molecule has 166 valence electrons. The molecule has 1 fully saturated rings. The van der Waals surface area contributed by atoms with E-state index < -0.39 is 24.0 Å². The predicted octanol–water partition coefficient (Wildman–Crippen LogP) is 7.80. The zero-order chi connectivity index (χ0) is 22.7. The second-order valence-electron chi connectivity index (χ2n) is 8.31. The van der Waals surface area contributed by atoms with Gasteiger partial charge in [-0.1, -0.05) is 49.5 Å². The minimum Gasteiger partial charge on any atom is -0.432 e. The Morgan fingerprint density at radius 3 is 2.41 bits per heavy atom. The second kappa shape index (κ2) is 9.65. The molecule has 1 aliphatic carbocycles. The van der Waals surface area contributed by atoms with Crippen LogP contribution in [0.3, 0.4) is 0 Å². The van der Waals surface area contributed by atoms with Gasteiger partial charge in [0.05, 0.1) is 5.56 Å². The van der Waals surface area contributed by atoms with Crippen LogP contribution in [0, 0.1) is 29.4 Å². The molecule has 1 nitrogen and oxygen atoms in total. The van der Waals surface area contributed by atoms with E-state index in [0.29, 0.717) is 11.3 Å². The molecule has 0 unspecified atom stereocenters. The van der Waals surface area contributed by atoms with Crippen molar-refractivity contribution in [3.8, 4) is 17.6 Å². The molecular formula is C27H24F4O. The number of halogens is 4. The van der Waals surface area contributed by atoms with Gasteiger partial charge < -0.3 is 4.74 Å². The van der Waals surface area contributed by atoms with Crippen molar-refractivity contribution in [3.05, 3.63) is 76.9 Å². The summed E-state index contributed by atoms with van der Waals surface area (Å²) in [6.45, 7) is -0.863. The zero-order valence-electron chi connectivity index (χ0n) is 17.8. The standard InChI is InChI=1S/C27H24F4O/c1-2-17-3-7-19(8-4-17)21-12-13-23-22(16-21)11-10-20(26(23)29)9-5-18-6-14-25(24(28)15-18)32-27(30)31/h6,10-17,19,27H,2-4,7-8H2,1H3. The van der Waals surface area contributed by atoms with Crippen molar-refractivity contribution in [2.45, 2.75) is 51.6 Å². The van der Waals surface area contributed by atoms with Crippen molar-refractivity contribution in [1.82, 2.24) is 0 Å². The summed E-state index contributed by atoms with van der Waals surface area (Å²) in [5, 5.41) is 1.33. The molecule has 0 aliphatic heterocycles. The number of alkyl halides is 2. The molecular weight excluding hydrogens is 416 g/mol. The summed E-state index contributed by atoms with van der Waals surface area (Å²) in [6, 6.07) is 12.8. The Morgan fingerprint density at radius 2 is 1.72 bits per heavy atom. The van der Waals surface area contributed by atoms with Gasteiger partial charge in [-0.3, -0.25) is 0 Å². The summed E-state index contributed by atoms with van der Waals surface area (Å²) in [5.41, 5.74) is 1.69. The first kappa shape index (κ1) is 22.2. The molecule has 1 saturated carbocycles. The second-order valence-corrected chi connectivity index (χ2v) is 8.31. The van der Waals surface area contributed by atoms with Gasteiger partial charge in [0, 0.05) is 10.9 Å². The molecule has 3 aromatic carbocycles. The lowest BCUT2D eigenvalue weighted by molar-refractivity contribution is -0.0521. The summed E-state index contributed by atoms with van der Waals surface area (Å²) in [7, 11) is 0. The number of benzene rings is 3. The molecule has 0 spiro atoms. The van der Waals surface area contributed by atoms with Gasteiger partial charge in [-0.2, -0.15) is 8.78 Å². The highest BCUT2D eigenvalue weighted by Gasteiger charge is 2.21. The SMILES string of the molecule is CCC1CCC(c2ccc3c(F)c(C#Cc4ccc(OC(F)F)c(F)c4)ccc3c2)CC1. The van der Waals surface area contributed by atoms with Gasteiger partial charge >= 0.3 is 6.61 Å². The van der Waals surface area contributed by atoms with E-state index in [1.54, 1.807) is 6.07 Å². The maximum Gasteiger partial charge on any atom is 0.387 e. The Labute approximate surface area is 185 Å². The Morgan fingerprint density at radius 1 is 0.938 bits per heavy atom. The average Bonchev–Trinajstić information content (AvgIpc) is 2.80. The highest BCUT2D eigenvalue weighted by Crippen LogP contribution is 2.38. The highest BCUT2D eigenvalue weighted by atomic mass is 19.3. The molecule has 4 rings (SSSR count). The third-order valence-electron chi connectivity index (χ3n) is 6.36. The predicted molar refractivity (Wildman–Crippen MR) is 118 cm³/mol. The molecule has 0 N–H and O–H groups in total. The van der Waals surface area contributed by atoms with Gasteiger partial charge in [0.1, 0.15) is 5.82 Å². The van der Waals surface area contributed by atoms with Crippen LogP contribution in [0.1, 0.15) is 61.6 Å². The Balaban J connectivity index is 1.55. The Kier molecular flexibility index (Phi) is 6.69. The van der Waals surface area contributed by atoms with E-state index in [9.17, 15) is 13.2 Å². The van der Waals surface area contributed by atoms with Gasteiger partial charge in [0.15, 0.2) is 11.6 Å². The third kappa shape index (κ3) is 4.91. The number of hydrogen-bond acceptors (Lipinski definition) is 1. The number of rotatable bonds is 4. The minimum atomic E-state index is -3.11. The van der Waals surface area contributed by atoms with Crippen LogP contribution >= 0.6 is 0 Å². The van der Waals surface area contributed by atoms with Crippen LogP contribution < -0.4 is 4.74 Å². The molecule has 5 heteroatoms. The molecule has 3 aromatic rings. The topological polar surface area (TPSA) is 9.23 Å². The van der Waals surface area contributed by atoms with Gasteiger partial charge in [0.2, 0.25) is 0 Å². The number of ether oxygens (including phenoxy) is 1. The Hall–Kier alpha value is -3.00. The molecule has 1 aliphatic rings. The van der Waals surface area contributed by atoms with Crippen LogP contribution in [0.2, 0.25) is 0 Å². The Bertz CT molecular complexity index is 1170. The fourth-order valence-electron chi connectivity index (χ4n) is 4.47. The number of hydrogen-bond donors (Lipinski definition) is 0. The van der Waals surface area contributed by atoms with Crippen LogP contribution in [0.25, 0.3) is 10.8 Å². The molecule has 0 bridgehead atoms. The monoisotopic (exact) mass is 440 g/mol. The van der Waals surface area contributed by atoms with E-state index in [2.05, 4.69) is 29.6 Å². The minimum absolute atomic E-state index is 0.196. The fourth-order valence-corrected chi connectivity index (χ4v) is 4.47. The van der Waals surface area contributed by atoms with Crippen molar-refractivity contribution in [1.29, 1.82) is 0 Å². The molecule has 0 aromatic heterocycles. The normalized spacial score (nSPS) is 18.4. The summed E-state index contributed by atoms with van der Waals surface area (Å²) >= 11 is 0. The first-order chi connectivity index (χ1) is 15.4. The van der Waals surface area contributed by atoms with Crippen molar-refractivity contribution < 1.29 is 22.3 Å². The molecule has 0 saturated heterocycles. The summed E-state index contributed by atoms with van der Waals surface area (Å²) in [6.07, 6.45) is 6.08. The van der Waals surface area contributed by atoms with Gasteiger partial charge in [-0.15, -0.1) is 0 Å². The zero-order valence-corrected chi connectivity index (χ0v) is 17.8. The molecule has 0 heterocycles. The van der Waals surface area contributed by atoms with Crippen molar-refractivity contribution in [2.75, 3.05) is 0 Å². The lowest BCUT2D eigenvalue weighted by Crippen LogP contribution is -2.12. The van der Waals surface area contributed by atoms with E-state index >= 15 is 4.39 Å². The first-order valence-electron chi connectivity index (χ1n) is 10.9. The van der Waals surface area contributed by atoms with E-state index in [1.165, 1.54) is 43.7 Å². The average molecular weight is 440 g/mol. The van der Waals surface area contributed by atoms with Crippen LogP contribution in [-0.4, -0.2) is 6.61 Å². The molecule has 0 amide bonds. The van der Waals surface area contributed by atoms with Crippen LogP contribution in [0.15, 0.2) is 48.5 Å². The quantitative estimate of drug-likeness (QED) is 0.297. The van der Waals surface area contributed by atoms with E-state index in [-0.39, 0.29) is 11.1 Å². The van der Waals surface area contributed by atoms with Crippen LogP contribution in [0.5, 0.6) is 5.75 Å². The maximum atomic E-state index is 15.0. The summed E-state index contributed by atoms with van der Waals surface area (Å²) < 4.78 is 57.5. The molecule has 0 radical (unpaired) electrons. The van der Waals surface area contributed by atoms with E-state index in [1.807, 2.05) is 18.2 Å². The summed E-state index contributed by atoms with van der Waals surface area (Å²) in [5.74, 6) is 4.83. The third-order valence-corrected chi connectivity index (χ3v) is 6.36. The smallest absolute Gasteiger partial charge is 0.387 e. The largest absolute Gasteiger partial charge is 0.432 e. The lowest BCUT2D eigenvalue weighted by atomic mass is 9.77. The molecule has 32 heavy (non-hydrogen) atoms. The van der Waals surface area contributed by atoms with Crippen LogP contribution in [-0.2, 0) is 0 Å². The summed E-state index contributed by atoms with van der Waals surface area (Å²) in [4.78, 5) is 0. The van der Waals surface area contributed by atoms with Gasteiger partial charge in [-0.05, 0) is 72.7 Å². The van der Waals surface area contributed by atoms with Gasteiger partial charge in [-0.25, -0.2) is 8.78 Å². The maximum absolute atomic E-state index is 15.0. The lowest BCUT2D eigenvalue weighted by Gasteiger charge is -2.28.